The van der Waals surface area contributed by atoms with Crippen molar-refractivity contribution in [3.63, 3.8) is 0 Å². The third-order valence-electron chi connectivity index (χ3n) is 4.22. The maximum absolute atomic E-state index is 2.66. The summed E-state index contributed by atoms with van der Waals surface area (Å²) in [4.78, 5) is 5.26. The highest BCUT2D eigenvalue weighted by Gasteiger charge is 2.17. The molecular weight excluding hydrogens is 220 g/mol. The van der Waals surface area contributed by atoms with Gasteiger partial charge in [-0.1, -0.05) is 45.4 Å². The van der Waals surface area contributed by atoms with Crippen LogP contribution in [0.1, 0.15) is 65.7 Å². The molecule has 1 fully saturated rings. The molecule has 1 aliphatic rings. The fourth-order valence-electron chi connectivity index (χ4n) is 2.80. The molecule has 1 saturated heterocycles. The Labute approximate surface area is 115 Å². The van der Waals surface area contributed by atoms with Crippen molar-refractivity contribution in [1.82, 2.24) is 9.80 Å². The van der Waals surface area contributed by atoms with Crippen molar-refractivity contribution in [2.45, 2.75) is 71.8 Å². The van der Waals surface area contributed by atoms with Gasteiger partial charge in [0.1, 0.15) is 0 Å². The van der Waals surface area contributed by atoms with Crippen molar-refractivity contribution in [2.24, 2.45) is 0 Å². The average Bonchev–Trinajstić information content (AvgIpc) is 2.38. The fraction of sp³-hybridized carbons (Fsp3) is 1.00. The van der Waals surface area contributed by atoms with Crippen LogP contribution >= 0.6 is 0 Å². The summed E-state index contributed by atoms with van der Waals surface area (Å²) < 4.78 is 0. The first kappa shape index (κ1) is 16.0. The van der Waals surface area contributed by atoms with E-state index in [1.807, 2.05) is 0 Å². The van der Waals surface area contributed by atoms with E-state index in [4.69, 9.17) is 0 Å². The van der Waals surface area contributed by atoms with Crippen LogP contribution in [0.15, 0.2) is 0 Å². The third-order valence-corrected chi connectivity index (χ3v) is 4.22. The molecule has 0 radical (unpaired) electrons. The lowest BCUT2D eigenvalue weighted by atomic mass is 10.1. The van der Waals surface area contributed by atoms with Crippen molar-refractivity contribution in [3.05, 3.63) is 0 Å². The third kappa shape index (κ3) is 6.75. The minimum atomic E-state index is 0.728. The van der Waals surface area contributed by atoms with Crippen molar-refractivity contribution in [3.8, 4) is 0 Å². The van der Waals surface area contributed by atoms with Gasteiger partial charge in [0.2, 0.25) is 0 Å². The van der Waals surface area contributed by atoms with E-state index in [0.717, 1.165) is 6.04 Å². The van der Waals surface area contributed by atoms with E-state index in [1.165, 1.54) is 77.7 Å². The maximum atomic E-state index is 2.66. The van der Waals surface area contributed by atoms with E-state index >= 15 is 0 Å². The largest absolute Gasteiger partial charge is 0.301 e. The summed E-state index contributed by atoms with van der Waals surface area (Å²) in [5.74, 6) is 0. The second-order valence-corrected chi connectivity index (χ2v) is 6.09. The predicted octanol–water partition coefficient (Wildman–Crippen LogP) is 3.76. The maximum Gasteiger partial charge on any atom is 0.0113 e. The number of piperazine rings is 1. The number of hydrogen-bond acceptors (Lipinski definition) is 2. The minimum absolute atomic E-state index is 0.728. The molecule has 0 unspecified atom stereocenters. The van der Waals surface area contributed by atoms with Crippen LogP contribution in [0.2, 0.25) is 0 Å². The lowest BCUT2D eigenvalue weighted by Crippen LogP contribution is -2.48. The summed E-state index contributed by atoms with van der Waals surface area (Å²) >= 11 is 0. The van der Waals surface area contributed by atoms with Gasteiger partial charge in [0.15, 0.2) is 0 Å². The van der Waals surface area contributed by atoms with Gasteiger partial charge in [-0.2, -0.15) is 0 Å². The smallest absolute Gasteiger partial charge is 0.0113 e. The Morgan fingerprint density at radius 2 is 1.33 bits per heavy atom. The van der Waals surface area contributed by atoms with Crippen LogP contribution in [-0.4, -0.2) is 48.6 Å². The molecule has 0 N–H and O–H groups in total. The van der Waals surface area contributed by atoms with E-state index in [9.17, 15) is 0 Å². The average molecular weight is 254 g/mol. The first-order valence-electron chi connectivity index (χ1n) is 8.20. The Morgan fingerprint density at radius 1 is 0.778 bits per heavy atom. The Bertz CT molecular complexity index is 184. The van der Waals surface area contributed by atoms with Crippen LogP contribution in [0.4, 0.5) is 0 Å². The van der Waals surface area contributed by atoms with Crippen LogP contribution in [0.5, 0.6) is 0 Å². The molecule has 0 saturated carbocycles. The van der Waals surface area contributed by atoms with E-state index in [1.54, 1.807) is 0 Å². The zero-order valence-electron chi connectivity index (χ0n) is 13.0. The van der Waals surface area contributed by atoms with Gasteiger partial charge in [-0.3, -0.25) is 4.90 Å². The number of nitrogens with zero attached hydrogens (tertiary/aromatic N) is 2. The van der Waals surface area contributed by atoms with Crippen molar-refractivity contribution >= 4 is 0 Å². The van der Waals surface area contributed by atoms with E-state index < -0.39 is 0 Å². The monoisotopic (exact) mass is 254 g/mol. The van der Waals surface area contributed by atoms with E-state index in [0.29, 0.717) is 0 Å². The molecule has 0 aromatic carbocycles. The second kappa shape index (κ2) is 9.80. The number of rotatable bonds is 9. The Kier molecular flexibility index (Phi) is 8.70. The van der Waals surface area contributed by atoms with Crippen LogP contribution in [0.25, 0.3) is 0 Å². The van der Waals surface area contributed by atoms with Gasteiger partial charge in [0.05, 0.1) is 0 Å². The van der Waals surface area contributed by atoms with E-state index in [2.05, 4.69) is 30.6 Å². The van der Waals surface area contributed by atoms with Gasteiger partial charge in [0.25, 0.3) is 0 Å². The van der Waals surface area contributed by atoms with Gasteiger partial charge in [0, 0.05) is 32.2 Å². The zero-order valence-corrected chi connectivity index (χ0v) is 13.0. The second-order valence-electron chi connectivity index (χ2n) is 6.09. The molecule has 108 valence electrons. The molecule has 18 heavy (non-hydrogen) atoms. The fourth-order valence-corrected chi connectivity index (χ4v) is 2.80. The molecule has 0 atom stereocenters. The topological polar surface area (TPSA) is 6.48 Å². The molecule has 0 amide bonds. The van der Waals surface area contributed by atoms with Gasteiger partial charge >= 0.3 is 0 Å². The summed E-state index contributed by atoms with van der Waals surface area (Å²) in [6.07, 6.45) is 9.99. The molecule has 0 aliphatic carbocycles. The number of unbranched alkanes of at least 4 members (excludes halogenated alkanes) is 6. The summed E-state index contributed by atoms with van der Waals surface area (Å²) in [7, 11) is 0. The highest BCUT2D eigenvalue weighted by Crippen LogP contribution is 2.10. The van der Waals surface area contributed by atoms with E-state index in [-0.39, 0.29) is 0 Å². The number of hydrogen-bond donors (Lipinski definition) is 0. The summed E-state index contributed by atoms with van der Waals surface area (Å²) in [5.41, 5.74) is 0. The Balaban J connectivity index is 1.91. The lowest BCUT2D eigenvalue weighted by Gasteiger charge is -2.36. The van der Waals surface area contributed by atoms with Crippen LogP contribution in [0, 0.1) is 0 Å². The lowest BCUT2D eigenvalue weighted by molar-refractivity contribution is 0.107. The summed E-state index contributed by atoms with van der Waals surface area (Å²) in [6, 6.07) is 0.728. The molecule has 0 spiro atoms. The predicted molar refractivity (Wildman–Crippen MR) is 81.1 cm³/mol. The zero-order chi connectivity index (χ0) is 13.2. The van der Waals surface area contributed by atoms with Gasteiger partial charge < -0.3 is 4.90 Å². The first-order valence-corrected chi connectivity index (χ1v) is 8.20. The minimum Gasteiger partial charge on any atom is -0.301 e. The molecule has 0 aromatic rings. The van der Waals surface area contributed by atoms with Crippen molar-refractivity contribution in [2.75, 3.05) is 32.7 Å². The Hall–Kier alpha value is -0.0800. The van der Waals surface area contributed by atoms with Crippen LogP contribution in [-0.2, 0) is 0 Å². The SMILES string of the molecule is CCCCCCCCCN1CCN(C(C)C)CC1. The highest BCUT2D eigenvalue weighted by atomic mass is 15.3. The molecule has 0 bridgehead atoms. The highest BCUT2D eigenvalue weighted by molar-refractivity contribution is 4.73. The molecule has 1 aliphatic heterocycles. The summed E-state index contributed by atoms with van der Waals surface area (Å²) in [5, 5.41) is 0. The van der Waals surface area contributed by atoms with Crippen LogP contribution < -0.4 is 0 Å². The van der Waals surface area contributed by atoms with Crippen molar-refractivity contribution < 1.29 is 0 Å². The van der Waals surface area contributed by atoms with Gasteiger partial charge in [-0.15, -0.1) is 0 Å². The van der Waals surface area contributed by atoms with Gasteiger partial charge in [-0.05, 0) is 26.8 Å². The van der Waals surface area contributed by atoms with Crippen molar-refractivity contribution in [1.29, 1.82) is 0 Å². The Morgan fingerprint density at radius 3 is 1.89 bits per heavy atom. The first-order chi connectivity index (χ1) is 8.74. The molecule has 2 nitrogen and oxygen atoms in total. The molecule has 0 aromatic heterocycles. The van der Waals surface area contributed by atoms with Crippen LogP contribution in [0.3, 0.4) is 0 Å². The standard InChI is InChI=1S/C16H34N2/c1-4-5-6-7-8-9-10-11-17-12-14-18(15-13-17)16(2)3/h16H,4-15H2,1-3H3. The molecule has 2 heteroatoms. The molecule has 1 heterocycles. The molecular formula is C16H34N2. The quantitative estimate of drug-likeness (QED) is 0.578. The summed E-state index contributed by atoms with van der Waals surface area (Å²) in [6.45, 7) is 13.4. The molecule has 1 rings (SSSR count). The normalized spacial score (nSPS) is 18.7. The van der Waals surface area contributed by atoms with Gasteiger partial charge in [-0.25, -0.2) is 0 Å².